The quantitative estimate of drug-likeness (QED) is 0.766. The lowest BCUT2D eigenvalue weighted by Crippen LogP contribution is -2.42. The lowest BCUT2D eigenvalue weighted by atomic mass is 9.84. The van der Waals surface area contributed by atoms with Crippen LogP contribution in [0.1, 0.15) is 59.8 Å². The minimum absolute atomic E-state index is 0.365. The highest BCUT2D eigenvalue weighted by Gasteiger charge is 2.26. The topological polar surface area (TPSA) is 15.3 Å². The van der Waals surface area contributed by atoms with Crippen LogP contribution in [0, 0.1) is 5.41 Å². The van der Waals surface area contributed by atoms with Crippen molar-refractivity contribution in [2.24, 2.45) is 5.41 Å². The van der Waals surface area contributed by atoms with E-state index in [-0.39, 0.29) is 0 Å². The highest BCUT2D eigenvalue weighted by molar-refractivity contribution is 4.82. The molecule has 1 N–H and O–H groups in total. The van der Waals surface area contributed by atoms with Crippen molar-refractivity contribution >= 4 is 0 Å². The first-order valence-corrected chi connectivity index (χ1v) is 7.40. The fourth-order valence-corrected chi connectivity index (χ4v) is 3.17. The van der Waals surface area contributed by atoms with E-state index in [1.54, 1.807) is 0 Å². The minimum Gasteiger partial charge on any atom is -0.316 e. The van der Waals surface area contributed by atoms with Crippen LogP contribution in [0.25, 0.3) is 0 Å². The van der Waals surface area contributed by atoms with Crippen LogP contribution >= 0.6 is 0 Å². The predicted octanol–water partition coefficient (Wildman–Crippen LogP) is 3.28. The summed E-state index contributed by atoms with van der Waals surface area (Å²) in [5, 5.41) is 3.49. The standard InChI is InChI=1S/C15H32N2/c1-6-17(13-9-7-8-10-13)12-11-14(16-5)15(2,3)4/h13-14,16H,6-12H2,1-5H3. The number of nitrogens with one attached hydrogen (secondary N) is 1. The molecule has 1 fully saturated rings. The molecule has 1 aliphatic carbocycles. The van der Waals surface area contributed by atoms with E-state index < -0.39 is 0 Å². The van der Waals surface area contributed by atoms with Gasteiger partial charge in [-0.25, -0.2) is 0 Å². The first-order chi connectivity index (χ1) is 7.99. The van der Waals surface area contributed by atoms with Crippen molar-refractivity contribution in [2.75, 3.05) is 20.1 Å². The van der Waals surface area contributed by atoms with Gasteiger partial charge >= 0.3 is 0 Å². The first-order valence-electron chi connectivity index (χ1n) is 7.40. The average molecular weight is 240 g/mol. The van der Waals surface area contributed by atoms with E-state index in [2.05, 4.69) is 45.0 Å². The Morgan fingerprint density at radius 2 is 1.82 bits per heavy atom. The molecule has 0 aromatic rings. The summed E-state index contributed by atoms with van der Waals surface area (Å²) in [5.41, 5.74) is 0.365. The minimum atomic E-state index is 0.365. The van der Waals surface area contributed by atoms with E-state index in [0.29, 0.717) is 11.5 Å². The van der Waals surface area contributed by atoms with Gasteiger partial charge in [0.15, 0.2) is 0 Å². The summed E-state index contributed by atoms with van der Waals surface area (Å²) in [6.45, 7) is 11.8. The van der Waals surface area contributed by atoms with Gasteiger partial charge in [-0.05, 0) is 44.8 Å². The van der Waals surface area contributed by atoms with Crippen molar-refractivity contribution in [1.82, 2.24) is 10.2 Å². The molecule has 0 saturated heterocycles. The summed E-state index contributed by atoms with van der Waals surface area (Å²) < 4.78 is 0. The SMILES string of the molecule is CCN(CCC(NC)C(C)(C)C)C1CCCC1. The largest absolute Gasteiger partial charge is 0.316 e. The van der Waals surface area contributed by atoms with Crippen LogP contribution in [-0.2, 0) is 0 Å². The van der Waals surface area contributed by atoms with Gasteiger partial charge in [-0.15, -0.1) is 0 Å². The molecular formula is C15H32N2. The number of hydrogen-bond acceptors (Lipinski definition) is 2. The third-order valence-corrected chi connectivity index (χ3v) is 4.35. The van der Waals surface area contributed by atoms with Gasteiger partial charge in [0, 0.05) is 12.1 Å². The Hall–Kier alpha value is -0.0800. The molecule has 1 aliphatic rings. The Kier molecular flexibility index (Phi) is 5.94. The summed E-state index contributed by atoms with van der Waals surface area (Å²) in [6, 6.07) is 1.50. The fourth-order valence-electron chi connectivity index (χ4n) is 3.17. The Labute approximate surface area is 108 Å². The van der Waals surface area contributed by atoms with Crippen molar-refractivity contribution < 1.29 is 0 Å². The Morgan fingerprint density at radius 3 is 2.24 bits per heavy atom. The van der Waals surface area contributed by atoms with E-state index in [4.69, 9.17) is 0 Å². The van der Waals surface area contributed by atoms with Crippen LogP contribution in [0.15, 0.2) is 0 Å². The molecule has 0 radical (unpaired) electrons. The van der Waals surface area contributed by atoms with Crippen molar-refractivity contribution in [3.63, 3.8) is 0 Å². The molecule has 0 aliphatic heterocycles. The van der Waals surface area contributed by atoms with Gasteiger partial charge < -0.3 is 10.2 Å². The van der Waals surface area contributed by atoms with Crippen molar-refractivity contribution in [3.8, 4) is 0 Å². The zero-order valence-corrected chi connectivity index (χ0v) is 12.6. The van der Waals surface area contributed by atoms with Crippen molar-refractivity contribution in [1.29, 1.82) is 0 Å². The van der Waals surface area contributed by atoms with Gasteiger partial charge in [-0.1, -0.05) is 40.5 Å². The second kappa shape index (κ2) is 6.75. The normalized spacial score (nSPS) is 20.1. The zero-order valence-electron chi connectivity index (χ0n) is 12.6. The summed E-state index contributed by atoms with van der Waals surface area (Å²) in [5.74, 6) is 0. The maximum absolute atomic E-state index is 3.49. The summed E-state index contributed by atoms with van der Waals surface area (Å²) in [6.07, 6.45) is 7.00. The Bertz CT molecular complexity index is 201. The lowest BCUT2D eigenvalue weighted by Gasteiger charge is -2.34. The third-order valence-electron chi connectivity index (χ3n) is 4.35. The molecule has 0 spiro atoms. The molecule has 1 rings (SSSR count). The summed E-state index contributed by atoms with van der Waals surface area (Å²) in [4.78, 5) is 2.70. The van der Waals surface area contributed by atoms with Gasteiger partial charge in [-0.3, -0.25) is 0 Å². The van der Waals surface area contributed by atoms with Gasteiger partial charge in [-0.2, -0.15) is 0 Å². The van der Waals surface area contributed by atoms with Crippen LogP contribution in [-0.4, -0.2) is 37.1 Å². The van der Waals surface area contributed by atoms with E-state index in [9.17, 15) is 0 Å². The Morgan fingerprint density at radius 1 is 1.24 bits per heavy atom. The van der Waals surface area contributed by atoms with Gasteiger partial charge in [0.05, 0.1) is 0 Å². The van der Waals surface area contributed by atoms with E-state index in [0.717, 1.165) is 6.04 Å². The number of rotatable bonds is 6. The molecule has 0 aromatic carbocycles. The average Bonchev–Trinajstić information content (AvgIpc) is 2.76. The second-order valence-electron chi connectivity index (χ2n) is 6.56. The maximum Gasteiger partial charge on any atom is 0.0125 e. The van der Waals surface area contributed by atoms with Crippen LogP contribution in [0.5, 0.6) is 0 Å². The molecule has 0 amide bonds. The van der Waals surface area contributed by atoms with E-state index in [1.807, 2.05) is 0 Å². The maximum atomic E-state index is 3.49. The smallest absolute Gasteiger partial charge is 0.0125 e. The molecule has 2 heteroatoms. The fraction of sp³-hybridized carbons (Fsp3) is 1.00. The summed E-state index contributed by atoms with van der Waals surface area (Å²) in [7, 11) is 2.10. The molecule has 2 nitrogen and oxygen atoms in total. The van der Waals surface area contributed by atoms with Crippen molar-refractivity contribution in [3.05, 3.63) is 0 Å². The summed E-state index contributed by atoms with van der Waals surface area (Å²) >= 11 is 0. The highest BCUT2D eigenvalue weighted by Crippen LogP contribution is 2.25. The van der Waals surface area contributed by atoms with Gasteiger partial charge in [0.2, 0.25) is 0 Å². The zero-order chi connectivity index (χ0) is 12.9. The molecule has 1 saturated carbocycles. The third kappa shape index (κ3) is 4.59. The van der Waals surface area contributed by atoms with Gasteiger partial charge in [0.1, 0.15) is 0 Å². The molecule has 102 valence electrons. The Balaban J connectivity index is 2.40. The number of nitrogens with zero attached hydrogens (tertiary/aromatic N) is 1. The predicted molar refractivity (Wildman–Crippen MR) is 76.4 cm³/mol. The van der Waals surface area contributed by atoms with Crippen LogP contribution in [0.4, 0.5) is 0 Å². The van der Waals surface area contributed by atoms with Crippen LogP contribution in [0.3, 0.4) is 0 Å². The molecule has 0 bridgehead atoms. The molecule has 0 heterocycles. The molecule has 1 unspecified atom stereocenters. The van der Waals surface area contributed by atoms with Crippen molar-refractivity contribution in [2.45, 2.75) is 71.9 Å². The molecule has 1 atom stereocenters. The van der Waals surface area contributed by atoms with E-state index in [1.165, 1.54) is 45.2 Å². The monoisotopic (exact) mass is 240 g/mol. The second-order valence-corrected chi connectivity index (χ2v) is 6.56. The number of hydrogen-bond donors (Lipinski definition) is 1. The highest BCUT2D eigenvalue weighted by atomic mass is 15.2. The molecule has 17 heavy (non-hydrogen) atoms. The van der Waals surface area contributed by atoms with Gasteiger partial charge in [0.25, 0.3) is 0 Å². The molecular weight excluding hydrogens is 208 g/mol. The van der Waals surface area contributed by atoms with Crippen LogP contribution in [0.2, 0.25) is 0 Å². The van der Waals surface area contributed by atoms with Crippen LogP contribution < -0.4 is 5.32 Å². The lowest BCUT2D eigenvalue weighted by molar-refractivity contribution is 0.174. The van der Waals surface area contributed by atoms with E-state index >= 15 is 0 Å². The first kappa shape index (κ1) is 15.0. The molecule has 0 aromatic heterocycles.